The quantitative estimate of drug-likeness (QED) is 0.514. The number of hydrogen-bond acceptors (Lipinski definition) is 4. The van der Waals surface area contributed by atoms with E-state index in [1.807, 2.05) is 0 Å². The highest BCUT2D eigenvalue weighted by Crippen LogP contribution is 2.35. The Labute approximate surface area is 146 Å². The summed E-state index contributed by atoms with van der Waals surface area (Å²) in [4.78, 5) is 24.2. The second-order valence-corrected chi connectivity index (χ2v) is 7.37. The lowest BCUT2D eigenvalue weighted by Crippen LogP contribution is -2.37. The van der Waals surface area contributed by atoms with E-state index in [0.717, 1.165) is 64.2 Å². The van der Waals surface area contributed by atoms with Crippen LogP contribution in [0.1, 0.15) is 90.9 Å². The zero-order valence-corrected chi connectivity index (χ0v) is 15.3. The average molecular weight is 336 g/mol. The Morgan fingerprint density at radius 1 is 0.708 bits per heavy atom. The second-order valence-electron chi connectivity index (χ2n) is 7.37. The van der Waals surface area contributed by atoms with E-state index in [0.29, 0.717) is 0 Å². The van der Waals surface area contributed by atoms with E-state index in [4.69, 9.17) is 9.47 Å². The van der Waals surface area contributed by atoms with Gasteiger partial charge < -0.3 is 9.47 Å². The Morgan fingerprint density at radius 3 is 1.33 bits per heavy atom. The minimum absolute atomic E-state index is 0.336. The van der Waals surface area contributed by atoms with Crippen LogP contribution in [0.15, 0.2) is 12.2 Å². The molecule has 24 heavy (non-hydrogen) atoms. The molecule has 2 saturated carbocycles. The smallest absolute Gasteiger partial charge is 0.331 e. The van der Waals surface area contributed by atoms with Crippen LogP contribution in [0, 0.1) is 0 Å². The molecule has 0 spiro atoms. The van der Waals surface area contributed by atoms with E-state index in [1.165, 1.54) is 25.0 Å². The minimum Gasteiger partial charge on any atom is -0.456 e. The molecule has 2 aliphatic carbocycles. The molecule has 0 radical (unpaired) electrons. The van der Waals surface area contributed by atoms with Gasteiger partial charge in [0.1, 0.15) is 11.2 Å². The van der Waals surface area contributed by atoms with Gasteiger partial charge >= 0.3 is 11.9 Å². The fourth-order valence-electron chi connectivity index (χ4n) is 4.08. The number of ether oxygens (including phenoxy) is 2. The first-order valence-corrected chi connectivity index (χ1v) is 9.67. The Hall–Kier alpha value is -1.32. The molecular weight excluding hydrogens is 304 g/mol. The van der Waals surface area contributed by atoms with Crippen LogP contribution in [0.25, 0.3) is 0 Å². The topological polar surface area (TPSA) is 52.6 Å². The Kier molecular flexibility index (Phi) is 6.88. The molecule has 0 heterocycles. The summed E-state index contributed by atoms with van der Waals surface area (Å²) in [5.41, 5.74) is -0.671. The van der Waals surface area contributed by atoms with Gasteiger partial charge in [0, 0.05) is 12.2 Å². The zero-order chi connectivity index (χ0) is 17.5. The molecule has 136 valence electrons. The van der Waals surface area contributed by atoms with Crippen molar-refractivity contribution in [2.75, 3.05) is 0 Å². The van der Waals surface area contributed by atoms with Crippen molar-refractivity contribution in [3.63, 3.8) is 0 Å². The summed E-state index contributed by atoms with van der Waals surface area (Å²) < 4.78 is 11.4. The van der Waals surface area contributed by atoms with E-state index in [1.54, 1.807) is 0 Å². The lowest BCUT2D eigenvalue weighted by Gasteiger charge is -2.36. The van der Waals surface area contributed by atoms with Crippen LogP contribution in [0.5, 0.6) is 0 Å². The summed E-state index contributed by atoms with van der Waals surface area (Å²) in [5.74, 6) is -0.852. The van der Waals surface area contributed by atoms with Crippen molar-refractivity contribution < 1.29 is 19.1 Å². The summed E-state index contributed by atoms with van der Waals surface area (Å²) in [5, 5.41) is 0. The third-order valence-corrected chi connectivity index (χ3v) is 5.81. The molecular formula is C20H32O4. The predicted molar refractivity (Wildman–Crippen MR) is 93.5 cm³/mol. The number of carbonyl (C=O) groups is 2. The maximum absolute atomic E-state index is 12.1. The maximum Gasteiger partial charge on any atom is 0.331 e. The SMILES string of the molecule is CCC1(OC(=O)/C=C\C(=O)OC2(CC)CCCCC2)CCCCC1. The summed E-state index contributed by atoms with van der Waals surface area (Å²) in [6.07, 6.45) is 14.7. The van der Waals surface area contributed by atoms with Crippen molar-refractivity contribution in [2.24, 2.45) is 0 Å². The van der Waals surface area contributed by atoms with Gasteiger partial charge in [0.15, 0.2) is 0 Å². The molecule has 0 bridgehead atoms. The van der Waals surface area contributed by atoms with Gasteiger partial charge in [-0.15, -0.1) is 0 Å². The molecule has 2 fully saturated rings. The number of carbonyl (C=O) groups excluding carboxylic acids is 2. The minimum atomic E-state index is -0.426. The molecule has 4 heteroatoms. The van der Waals surface area contributed by atoms with Crippen LogP contribution in [-0.2, 0) is 19.1 Å². The van der Waals surface area contributed by atoms with Crippen LogP contribution >= 0.6 is 0 Å². The number of hydrogen-bond donors (Lipinski definition) is 0. The van der Waals surface area contributed by atoms with Crippen molar-refractivity contribution in [2.45, 2.75) is 102 Å². The molecule has 4 nitrogen and oxygen atoms in total. The van der Waals surface area contributed by atoms with Gasteiger partial charge in [-0.3, -0.25) is 0 Å². The van der Waals surface area contributed by atoms with Crippen LogP contribution in [0.2, 0.25) is 0 Å². The summed E-state index contributed by atoms with van der Waals surface area (Å²) in [6.45, 7) is 4.12. The van der Waals surface area contributed by atoms with Gasteiger partial charge in [0.05, 0.1) is 0 Å². The summed E-state index contributed by atoms with van der Waals surface area (Å²) in [6, 6.07) is 0. The Balaban J connectivity index is 1.87. The molecule has 0 aromatic carbocycles. The van der Waals surface area contributed by atoms with Gasteiger partial charge in [-0.2, -0.15) is 0 Å². The first kappa shape index (κ1) is 19.0. The molecule has 2 rings (SSSR count). The molecule has 0 saturated heterocycles. The molecule has 0 atom stereocenters. The molecule has 0 aliphatic heterocycles. The van der Waals surface area contributed by atoms with E-state index >= 15 is 0 Å². The second kappa shape index (κ2) is 8.68. The van der Waals surface area contributed by atoms with Crippen molar-refractivity contribution >= 4 is 11.9 Å². The molecule has 0 amide bonds. The van der Waals surface area contributed by atoms with E-state index in [2.05, 4.69) is 13.8 Å². The number of esters is 2. The van der Waals surface area contributed by atoms with Gasteiger partial charge in [-0.25, -0.2) is 9.59 Å². The van der Waals surface area contributed by atoms with Gasteiger partial charge in [0.2, 0.25) is 0 Å². The zero-order valence-electron chi connectivity index (χ0n) is 15.3. The predicted octanol–water partition coefficient (Wildman–Crippen LogP) is 4.85. The van der Waals surface area contributed by atoms with Gasteiger partial charge in [0.25, 0.3) is 0 Å². The van der Waals surface area contributed by atoms with Crippen molar-refractivity contribution in [3.8, 4) is 0 Å². The van der Waals surface area contributed by atoms with Crippen LogP contribution in [0.4, 0.5) is 0 Å². The third kappa shape index (κ3) is 5.09. The van der Waals surface area contributed by atoms with Crippen molar-refractivity contribution in [1.29, 1.82) is 0 Å². The highest BCUT2D eigenvalue weighted by molar-refractivity contribution is 5.92. The van der Waals surface area contributed by atoms with E-state index in [9.17, 15) is 9.59 Å². The average Bonchev–Trinajstić information content (AvgIpc) is 2.61. The standard InChI is InChI=1S/C20H32O4/c1-3-19(13-7-5-8-14-19)23-17(21)11-12-18(22)24-20(4-2)15-9-6-10-16-20/h11-12H,3-10,13-16H2,1-2H3/b12-11-. The van der Waals surface area contributed by atoms with E-state index < -0.39 is 11.9 Å². The lowest BCUT2D eigenvalue weighted by atomic mass is 9.82. The molecule has 0 aromatic heterocycles. The fourth-order valence-corrected chi connectivity index (χ4v) is 4.08. The third-order valence-electron chi connectivity index (χ3n) is 5.81. The molecule has 0 unspecified atom stereocenters. The maximum atomic E-state index is 12.1. The highest BCUT2D eigenvalue weighted by Gasteiger charge is 2.35. The summed E-state index contributed by atoms with van der Waals surface area (Å²) in [7, 11) is 0. The molecule has 2 aliphatic rings. The highest BCUT2D eigenvalue weighted by atomic mass is 16.6. The molecule has 0 aromatic rings. The fraction of sp³-hybridized carbons (Fsp3) is 0.800. The lowest BCUT2D eigenvalue weighted by molar-refractivity contribution is -0.160. The van der Waals surface area contributed by atoms with Crippen LogP contribution in [-0.4, -0.2) is 23.1 Å². The van der Waals surface area contributed by atoms with Gasteiger partial charge in [-0.1, -0.05) is 26.7 Å². The first-order valence-electron chi connectivity index (χ1n) is 9.67. The summed E-state index contributed by atoms with van der Waals surface area (Å²) >= 11 is 0. The Morgan fingerprint density at radius 2 is 1.04 bits per heavy atom. The monoisotopic (exact) mass is 336 g/mol. The van der Waals surface area contributed by atoms with Crippen LogP contribution < -0.4 is 0 Å². The largest absolute Gasteiger partial charge is 0.456 e. The normalized spacial score (nSPS) is 22.9. The van der Waals surface area contributed by atoms with Crippen molar-refractivity contribution in [1.82, 2.24) is 0 Å². The van der Waals surface area contributed by atoms with Gasteiger partial charge in [-0.05, 0) is 64.2 Å². The first-order chi connectivity index (χ1) is 11.5. The Bertz CT molecular complexity index is 412. The molecule has 0 N–H and O–H groups in total. The van der Waals surface area contributed by atoms with Crippen LogP contribution in [0.3, 0.4) is 0 Å². The number of rotatable bonds is 6. The van der Waals surface area contributed by atoms with Crippen molar-refractivity contribution in [3.05, 3.63) is 12.2 Å². The van der Waals surface area contributed by atoms with E-state index in [-0.39, 0.29) is 11.2 Å².